The molecule has 1 heterocycles. The van der Waals surface area contributed by atoms with Crippen LogP contribution >= 0.6 is 0 Å². The number of nitrogens with one attached hydrogen (secondary N) is 2. The lowest BCUT2D eigenvalue weighted by molar-refractivity contribution is 0.617. The second-order valence-corrected chi connectivity index (χ2v) is 6.94. The molecule has 0 atom stereocenters. The van der Waals surface area contributed by atoms with Crippen LogP contribution in [0.3, 0.4) is 0 Å². The SMILES string of the molecule is Cc1cc(NC2CCCCCC2)nc(Nc2c(C)cccc2C)n1. The van der Waals surface area contributed by atoms with E-state index < -0.39 is 0 Å². The molecule has 3 rings (SSSR count). The van der Waals surface area contributed by atoms with Gasteiger partial charge in [0.1, 0.15) is 5.82 Å². The molecule has 0 unspecified atom stereocenters. The molecule has 0 spiro atoms. The number of nitrogens with zero attached hydrogens (tertiary/aromatic N) is 2. The number of anilines is 3. The summed E-state index contributed by atoms with van der Waals surface area (Å²) in [6.07, 6.45) is 7.83. The van der Waals surface area contributed by atoms with Crippen molar-refractivity contribution in [3.05, 3.63) is 41.1 Å². The number of hydrogen-bond donors (Lipinski definition) is 2. The number of benzene rings is 1. The van der Waals surface area contributed by atoms with Crippen molar-refractivity contribution in [2.24, 2.45) is 0 Å². The third kappa shape index (κ3) is 4.25. The predicted molar refractivity (Wildman–Crippen MR) is 101 cm³/mol. The third-order valence-electron chi connectivity index (χ3n) is 4.78. The minimum atomic E-state index is 0.537. The second-order valence-electron chi connectivity index (χ2n) is 6.94. The van der Waals surface area contributed by atoms with E-state index in [2.05, 4.69) is 47.7 Å². The summed E-state index contributed by atoms with van der Waals surface area (Å²) in [4.78, 5) is 9.26. The van der Waals surface area contributed by atoms with E-state index in [4.69, 9.17) is 4.98 Å². The van der Waals surface area contributed by atoms with Gasteiger partial charge >= 0.3 is 0 Å². The molecular formula is C20H28N4. The Morgan fingerprint density at radius 1 is 0.917 bits per heavy atom. The Bertz CT molecular complexity index is 668. The Morgan fingerprint density at radius 3 is 2.25 bits per heavy atom. The van der Waals surface area contributed by atoms with Crippen LogP contribution in [0, 0.1) is 20.8 Å². The van der Waals surface area contributed by atoms with E-state index in [0.717, 1.165) is 17.2 Å². The summed E-state index contributed by atoms with van der Waals surface area (Å²) in [5.41, 5.74) is 4.50. The summed E-state index contributed by atoms with van der Waals surface area (Å²) in [5, 5.41) is 7.04. The molecule has 1 aliphatic carbocycles. The summed E-state index contributed by atoms with van der Waals surface area (Å²) in [7, 11) is 0. The molecule has 2 aromatic rings. The van der Waals surface area contributed by atoms with Gasteiger partial charge in [0.2, 0.25) is 5.95 Å². The smallest absolute Gasteiger partial charge is 0.229 e. The monoisotopic (exact) mass is 324 g/mol. The molecule has 4 heteroatoms. The van der Waals surface area contributed by atoms with Gasteiger partial charge in [0.15, 0.2) is 0 Å². The summed E-state index contributed by atoms with van der Waals surface area (Å²) in [6.45, 7) is 6.24. The summed E-state index contributed by atoms with van der Waals surface area (Å²) in [5.74, 6) is 1.60. The van der Waals surface area contributed by atoms with Gasteiger partial charge in [-0.2, -0.15) is 4.98 Å². The first kappa shape index (κ1) is 16.7. The number of hydrogen-bond acceptors (Lipinski definition) is 4. The van der Waals surface area contributed by atoms with Crippen molar-refractivity contribution in [3.8, 4) is 0 Å². The summed E-state index contributed by atoms with van der Waals surface area (Å²) in [6, 6.07) is 8.87. The number of aryl methyl sites for hydroxylation is 3. The molecule has 2 N–H and O–H groups in total. The molecule has 0 bridgehead atoms. The number of rotatable bonds is 4. The van der Waals surface area contributed by atoms with E-state index in [9.17, 15) is 0 Å². The fourth-order valence-electron chi connectivity index (χ4n) is 3.45. The van der Waals surface area contributed by atoms with Gasteiger partial charge in [-0.05, 0) is 44.7 Å². The normalized spacial score (nSPS) is 15.8. The Kier molecular flexibility index (Phi) is 5.34. The van der Waals surface area contributed by atoms with Crippen LogP contribution in [-0.4, -0.2) is 16.0 Å². The van der Waals surface area contributed by atoms with Crippen LogP contribution in [0.2, 0.25) is 0 Å². The average molecular weight is 324 g/mol. The van der Waals surface area contributed by atoms with Crippen LogP contribution in [0.5, 0.6) is 0 Å². The van der Waals surface area contributed by atoms with E-state index in [0.29, 0.717) is 12.0 Å². The molecular weight excluding hydrogens is 296 g/mol. The molecule has 0 saturated heterocycles. The predicted octanol–water partition coefficient (Wildman–Crippen LogP) is 5.28. The molecule has 1 aromatic carbocycles. The lowest BCUT2D eigenvalue weighted by atomic mass is 10.1. The third-order valence-corrected chi connectivity index (χ3v) is 4.78. The Hall–Kier alpha value is -2.10. The van der Waals surface area contributed by atoms with E-state index in [-0.39, 0.29) is 0 Å². The molecule has 128 valence electrons. The molecule has 0 radical (unpaired) electrons. The van der Waals surface area contributed by atoms with E-state index in [1.54, 1.807) is 0 Å². The van der Waals surface area contributed by atoms with E-state index >= 15 is 0 Å². The maximum absolute atomic E-state index is 4.70. The van der Waals surface area contributed by atoms with Crippen molar-refractivity contribution in [3.63, 3.8) is 0 Å². The van der Waals surface area contributed by atoms with Crippen molar-refractivity contribution in [2.45, 2.75) is 65.3 Å². The number of aromatic nitrogens is 2. The lowest BCUT2D eigenvalue weighted by Crippen LogP contribution is -2.19. The Morgan fingerprint density at radius 2 is 1.58 bits per heavy atom. The minimum absolute atomic E-state index is 0.537. The Balaban J connectivity index is 1.78. The highest BCUT2D eigenvalue weighted by molar-refractivity contribution is 5.63. The molecule has 1 saturated carbocycles. The van der Waals surface area contributed by atoms with Crippen LogP contribution in [0.4, 0.5) is 17.5 Å². The van der Waals surface area contributed by atoms with Gasteiger partial charge in [-0.25, -0.2) is 4.98 Å². The van der Waals surface area contributed by atoms with Gasteiger partial charge in [0.05, 0.1) is 0 Å². The maximum Gasteiger partial charge on any atom is 0.229 e. The van der Waals surface area contributed by atoms with Gasteiger partial charge in [0.25, 0.3) is 0 Å². The van der Waals surface area contributed by atoms with Crippen molar-refractivity contribution < 1.29 is 0 Å². The Labute approximate surface area is 145 Å². The molecule has 1 fully saturated rings. The van der Waals surface area contributed by atoms with Crippen LogP contribution < -0.4 is 10.6 Å². The van der Waals surface area contributed by atoms with Crippen molar-refractivity contribution in [1.82, 2.24) is 9.97 Å². The maximum atomic E-state index is 4.70. The van der Waals surface area contributed by atoms with Crippen molar-refractivity contribution in [2.75, 3.05) is 10.6 Å². The van der Waals surface area contributed by atoms with Gasteiger partial charge in [-0.3, -0.25) is 0 Å². The van der Waals surface area contributed by atoms with Crippen molar-refractivity contribution >= 4 is 17.5 Å². The van der Waals surface area contributed by atoms with Crippen LogP contribution in [0.25, 0.3) is 0 Å². The first-order valence-corrected chi connectivity index (χ1v) is 9.07. The standard InChI is InChI=1S/C20H28N4/c1-14-9-8-10-15(2)19(14)24-20-21-16(3)13-18(23-20)22-17-11-6-4-5-7-12-17/h8-10,13,17H,4-7,11-12H2,1-3H3,(H2,21,22,23,24). The minimum Gasteiger partial charge on any atom is -0.367 e. The molecule has 1 aliphatic rings. The fraction of sp³-hybridized carbons (Fsp3) is 0.500. The largest absolute Gasteiger partial charge is 0.367 e. The highest BCUT2D eigenvalue weighted by Crippen LogP contribution is 2.25. The van der Waals surface area contributed by atoms with Crippen molar-refractivity contribution in [1.29, 1.82) is 0 Å². The molecule has 0 amide bonds. The summed E-state index contributed by atoms with van der Waals surface area (Å²) >= 11 is 0. The molecule has 4 nitrogen and oxygen atoms in total. The van der Waals surface area contributed by atoms with Gasteiger partial charge in [-0.15, -0.1) is 0 Å². The second kappa shape index (κ2) is 7.65. The topological polar surface area (TPSA) is 49.8 Å². The zero-order valence-corrected chi connectivity index (χ0v) is 15.0. The summed E-state index contributed by atoms with van der Waals surface area (Å²) < 4.78 is 0. The first-order valence-electron chi connectivity index (χ1n) is 9.07. The zero-order chi connectivity index (χ0) is 16.9. The van der Waals surface area contributed by atoms with Gasteiger partial charge < -0.3 is 10.6 Å². The fourth-order valence-corrected chi connectivity index (χ4v) is 3.45. The molecule has 24 heavy (non-hydrogen) atoms. The lowest BCUT2D eigenvalue weighted by Gasteiger charge is -2.18. The van der Waals surface area contributed by atoms with Crippen LogP contribution in [0.15, 0.2) is 24.3 Å². The van der Waals surface area contributed by atoms with E-state index in [1.165, 1.54) is 49.7 Å². The first-order chi connectivity index (χ1) is 11.6. The zero-order valence-electron chi connectivity index (χ0n) is 15.0. The highest BCUT2D eigenvalue weighted by atomic mass is 15.2. The van der Waals surface area contributed by atoms with Crippen LogP contribution in [-0.2, 0) is 0 Å². The van der Waals surface area contributed by atoms with Gasteiger partial charge in [0, 0.05) is 23.5 Å². The van der Waals surface area contributed by atoms with E-state index in [1.807, 2.05) is 13.0 Å². The quantitative estimate of drug-likeness (QED) is 0.751. The number of para-hydroxylation sites is 1. The highest BCUT2D eigenvalue weighted by Gasteiger charge is 2.13. The van der Waals surface area contributed by atoms with Gasteiger partial charge in [-0.1, -0.05) is 43.9 Å². The average Bonchev–Trinajstić information content (AvgIpc) is 2.79. The molecule has 0 aliphatic heterocycles. The molecule has 1 aromatic heterocycles. The van der Waals surface area contributed by atoms with Crippen LogP contribution in [0.1, 0.15) is 55.3 Å².